The van der Waals surface area contributed by atoms with Crippen LogP contribution in [0.4, 0.5) is 9.93 Å². The maximum Gasteiger partial charge on any atom is 0.408 e. The molecule has 2 aromatic heterocycles. The number of amides is 4. The van der Waals surface area contributed by atoms with Crippen LogP contribution < -0.4 is 25.4 Å². The van der Waals surface area contributed by atoms with Gasteiger partial charge in [-0.1, -0.05) is 43.5 Å². The van der Waals surface area contributed by atoms with E-state index in [0.29, 0.717) is 64.6 Å². The number of hydrogen-bond acceptors (Lipinski definition) is 11. The standard InChI is InChI=1S/C41H49ClN6O9S/c1-3-11-33(49)46-39-44-29(22-58-39)28-19-32(26-16-17-31(55-2)34(42)35(26)43-28)56-25-18-30-36(50)47-41(38(52)53)20-23(41)12-7-5-4-6-8-15-27(37(51)48(30)21-25)45-40(54)57-24-13-9-10-14-24/h7,12,16-17,19,22-25,27,30H,3-6,8-11,13-15,18,20-21H2,1-2H3,(H,45,54)(H,47,50)(H,52,53)(H,44,46,49)/t23?,25-,27+,30+,41-/m1/s1. The predicted octanol–water partition coefficient (Wildman–Crippen LogP) is 6.62. The lowest BCUT2D eigenvalue weighted by Crippen LogP contribution is -2.56. The van der Waals surface area contributed by atoms with Crippen molar-refractivity contribution in [2.24, 2.45) is 5.92 Å². The molecule has 17 heteroatoms. The summed E-state index contributed by atoms with van der Waals surface area (Å²) in [5.74, 6) is -2.04. The molecule has 0 bridgehead atoms. The van der Waals surface area contributed by atoms with Gasteiger partial charge < -0.3 is 40.2 Å². The van der Waals surface area contributed by atoms with Gasteiger partial charge >= 0.3 is 12.1 Å². The fraction of sp³-hybridized carbons (Fsp3) is 0.537. The number of anilines is 1. The molecule has 1 unspecified atom stereocenters. The molecule has 4 heterocycles. The summed E-state index contributed by atoms with van der Waals surface area (Å²) in [5.41, 5.74) is -0.270. The smallest absolute Gasteiger partial charge is 0.408 e. The molecule has 4 N–H and O–H groups in total. The van der Waals surface area contributed by atoms with E-state index in [1.807, 2.05) is 19.1 Å². The third kappa shape index (κ3) is 9.02. The molecule has 2 aliphatic carbocycles. The number of ether oxygens (including phenoxy) is 3. The van der Waals surface area contributed by atoms with E-state index in [1.54, 1.807) is 23.6 Å². The van der Waals surface area contributed by atoms with Gasteiger partial charge in [0.1, 0.15) is 52.0 Å². The summed E-state index contributed by atoms with van der Waals surface area (Å²) in [6, 6.07) is 3.04. The van der Waals surface area contributed by atoms with Crippen molar-refractivity contribution in [2.75, 3.05) is 19.0 Å². The zero-order chi connectivity index (χ0) is 41.0. The normalized spacial score (nSPS) is 25.2. The Morgan fingerprint density at radius 1 is 1.05 bits per heavy atom. The zero-order valence-corrected chi connectivity index (χ0v) is 34.2. The number of allylic oxidation sites excluding steroid dienone is 1. The Kier molecular flexibility index (Phi) is 12.7. The molecule has 3 fully saturated rings. The van der Waals surface area contributed by atoms with E-state index in [2.05, 4.69) is 20.9 Å². The molecule has 0 spiro atoms. The molecule has 5 atom stereocenters. The van der Waals surface area contributed by atoms with Crippen molar-refractivity contribution < 1.29 is 43.3 Å². The number of rotatable bonds is 10. The van der Waals surface area contributed by atoms with E-state index in [-0.39, 0.29) is 42.3 Å². The van der Waals surface area contributed by atoms with Gasteiger partial charge in [0.15, 0.2) is 5.13 Å². The van der Waals surface area contributed by atoms with Crippen molar-refractivity contribution >= 4 is 68.8 Å². The van der Waals surface area contributed by atoms with E-state index in [1.165, 1.54) is 23.3 Å². The van der Waals surface area contributed by atoms with Crippen LogP contribution in [-0.4, -0.2) is 93.2 Å². The second-order valence-electron chi connectivity index (χ2n) is 15.5. The van der Waals surface area contributed by atoms with E-state index < -0.39 is 47.6 Å². The molecule has 0 radical (unpaired) electrons. The molecule has 3 aromatic rings. The van der Waals surface area contributed by atoms with Crippen LogP contribution in [0, 0.1) is 5.92 Å². The fourth-order valence-electron chi connectivity index (χ4n) is 8.11. The van der Waals surface area contributed by atoms with Gasteiger partial charge in [0.25, 0.3) is 0 Å². The van der Waals surface area contributed by atoms with Gasteiger partial charge in [0.2, 0.25) is 17.7 Å². The topological polar surface area (TPSA) is 198 Å². The van der Waals surface area contributed by atoms with Gasteiger partial charge in [-0.15, -0.1) is 11.3 Å². The van der Waals surface area contributed by atoms with E-state index in [4.69, 9.17) is 30.8 Å². The number of aromatic nitrogens is 2. The number of carboxylic acids is 1. The number of nitrogens with one attached hydrogen (secondary N) is 3. The molecule has 7 rings (SSSR count). The van der Waals surface area contributed by atoms with Crippen LogP contribution in [0.5, 0.6) is 11.5 Å². The first-order chi connectivity index (χ1) is 28.0. The molecular formula is C41H49ClN6O9S. The molecular weight excluding hydrogens is 788 g/mol. The number of benzene rings is 1. The summed E-state index contributed by atoms with van der Waals surface area (Å²) in [6.45, 7) is 1.88. The number of aliphatic carboxylic acids is 1. The molecule has 4 aliphatic rings. The van der Waals surface area contributed by atoms with E-state index in [9.17, 15) is 29.1 Å². The van der Waals surface area contributed by atoms with Gasteiger partial charge in [-0.3, -0.25) is 14.4 Å². The molecule has 4 amide bonds. The minimum absolute atomic E-state index is 0.0281. The summed E-state index contributed by atoms with van der Waals surface area (Å²) in [6.07, 6.45) is 10.2. The third-order valence-corrected chi connectivity index (χ3v) is 12.5. The monoisotopic (exact) mass is 836 g/mol. The Morgan fingerprint density at radius 2 is 1.84 bits per heavy atom. The number of hydrogen-bond donors (Lipinski definition) is 4. The first kappa shape index (κ1) is 41.2. The minimum atomic E-state index is -1.49. The Labute approximate surface area is 345 Å². The minimum Gasteiger partial charge on any atom is -0.495 e. The number of carbonyl (C=O) groups is 5. The van der Waals surface area contributed by atoms with Crippen molar-refractivity contribution in [1.82, 2.24) is 25.5 Å². The lowest BCUT2D eigenvalue weighted by atomic mass is 10.0. The summed E-state index contributed by atoms with van der Waals surface area (Å²) in [7, 11) is 1.49. The third-order valence-electron chi connectivity index (χ3n) is 11.3. The van der Waals surface area contributed by atoms with Gasteiger partial charge in [0.05, 0.1) is 24.9 Å². The van der Waals surface area contributed by atoms with Crippen molar-refractivity contribution in [3.8, 4) is 22.9 Å². The number of methoxy groups -OCH3 is 1. The first-order valence-electron chi connectivity index (χ1n) is 20.1. The number of carbonyl (C=O) groups excluding carboxylic acids is 4. The van der Waals surface area contributed by atoms with Crippen LogP contribution in [0.15, 0.2) is 35.7 Å². The predicted molar refractivity (Wildman–Crippen MR) is 217 cm³/mol. The van der Waals surface area contributed by atoms with Crippen LogP contribution in [0.3, 0.4) is 0 Å². The van der Waals surface area contributed by atoms with Crippen molar-refractivity contribution in [2.45, 2.75) is 120 Å². The highest BCUT2D eigenvalue weighted by molar-refractivity contribution is 7.14. The Morgan fingerprint density at radius 3 is 2.60 bits per heavy atom. The van der Waals surface area contributed by atoms with E-state index in [0.717, 1.165) is 44.9 Å². The maximum absolute atomic E-state index is 14.6. The number of halogens is 1. The van der Waals surface area contributed by atoms with Gasteiger partial charge in [0, 0.05) is 35.6 Å². The van der Waals surface area contributed by atoms with Crippen LogP contribution in [0.1, 0.15) is 90.4 Å². The second kappa shape index (κ2) is 17.9. The van der Waals surface area contributed by atoms with Gasteiger partial charge in [-0.25, -0.2) is 19.6 Å². The number of thiazole rings is 1. The SMILES string of the molecule is CCCC(=O)Nc1nc(-c2cc(O[C@@H]3C[C@H]4C(=O)N[C@]5(C(=O)O)CC5C=CCCCCC[C@H](NC(=O)OC5CCCC5)C(=O)N4C3)c3ccc(OC)c(Cl)c3n2)cs1. The Hall–Kier alpha value is -4.96. The summed E-state index contributed by atoms with van der Waals surface area (Å²) < 4.78 is 17.8. The average Bonchev–Trinajstić information content (AvgIpc) is 3.62. The van der Waals surface area contributed by atoms with Crippen LogP contribution in [0.2, 0.25) is 5.02 Å². The summed E-state index contributed by atoms with van der Waals surface area (Å²) in [5, 5.41) is 21.6. The highest BCUT2D eigenvalue weighted by atomic mass is 35.5. The second-order valence-corrected chi connectivity index (χ2v) is 16.7. The molecule has 310 valence electrons. The quantitative estimate of drug-likeness (QED) is 0.160. The van der Waals surface area contributed by atoms with Crippen LogP contribution in [-0.2, 0) is 23.9 Å². The molecule has 2 aliphatic heterocycles. The number of nitrogens with zero attached hydrogens (tertiary/aromatic N) is 3. The van der Waals surface area contributed by atoms with Crippen molar-refractivity contribution in [1.29, 1.82) is 0 Å². The van der Waals surface area contributed by atoms with Crippen molar-refractivity contribution in [3.05, 3.63) is 40.8 Å². The lowest BCUT2D eigenvalue weighted by molar-refractivity contribution is -0.145. The molecule has 58 heavy (non-hydrogen) atoms. The number of alkyl carbamates (subject to hydrolysis) is 1. The van der Waals surface area contributed by atoms with Gasteiger partial charge in [-0.2, -0.15) is 0 Å². The maximum atomic E-state index is 14.6. The summed E-state index contributed by atoms with van der Waals surface area (Å²) in [4.78, 5) is 77.7. The number of fused-ring (bicyclic) bond motifs is 3. The number of pyridine rings is 1. The fourth-order valence-corrected chi connectivity index (χ4v) is 9.12. The zero-order valence-electron chi connectivity index (χ0n) is 32.6. The summed E-state index contributed by atoms with van der Waals surface area (Å²) >= 11 is 8.06. The van der Waals surface area contributed by atoms with Crippen LogP contribution >= 0.6 is 22.9 Å². The molecule has 2 saturated carbocycles. The highest BCUT2D eigenvalue weighted by Gasteiger charge is 2.61. The molecule has 15 nitrogen and oxygen atoms in total. The van der Waals surface area contributed by atoms with Crippen molar-refractivity contribution in [3.63, 3.8) is 0 Å². The number of carboxylic acid groups (broad SMARTS) is 1. The molecule has 1 saturated heterocycles. The van der Waals surface area contributed by atoms with E-state index >= 15 is 0 Å². The highest BCUT2D eigenvalue weighted by Crippen LogP contribution is 2.46. The lowest BCUT2D eigenvalue weighted by Gasteiger charge is -2.29. The Bertz CT molecular complexity index is 2090. The Balaban J connectivity index is 1.21. The average molecular weight is 837 g/mol. The van der Waals surface area contributed by atoms with Crippen LogP contribution in [0.25, 0.3) is 22.3 Å². The molecule has 1 aromatic carbocycles. The first-order valence-corrected chi connectivity index (χ1v) is 21.3. The van der Waals surface area contributed by atoms with Gasteiger partial charge in [-0.05, 0) is 69.9 Å². The largest absolute Gasteiger partial charge is 0.495 e.